The van der Waals surface area contributed by atoms with E-state index in [1.165, 1.54) is 48.1 Å². The molecule has 0 heterocycles. The average Bonchev–Trinajstić information content (AvgIpc) is 2.96. The van der Waals surface area contributed by atoms with E-state index in [4.69, 9.17) is 4.74 Å². The number of anilines is 1. The van der Waals surface area contributed by atoms with Crippen LogP contribution in [0.1, 0.15) is 36.1 Å². The topological polar surface area (TPSA) is 21.3 Å². The van der Waals surface area contributed by atoms with E-state index in [2.05, 4.69) is 30.4 Å². The van der Waals surface area contributed by atoms with Crippen molar-refractivity contribution in [1.82, 2.24) is 0 Å². The first-order chi connectivity index (χ1) is 10.2. The van der Waals surface area contributed by atoms with Gasteiger partial charge < -0.3 is 10.1 Å². The SMILES string of the molecule is COc1cc(F)ccc1NC(C)c1ccc2c(c1)CCC2. The molecule has 3 rings (SSSR count). The lowest BCUT2D eigenvalue weighted by Crippen LogP contribution is -2.08. The summed E-state index contributed by atoms with van der Waals surface area (Å²) < 4.78 is 18.5. The second kappa shape index (κ2) is 5.76. The molecule has 0 bridgehead atoms. The second-order valence-electron chi connectivity index (χ2n) is 5.59. The lowest BCUT2D eigenvalue weighted by Gasteiger charge is -2.19. The highest BCUT2D eigenvalue weighted by Crippen LogP contribution is 2.30. The van der Waals surface area contributed by atoms with E-state index in [1.807, 2.05) is 0 Å². The maximum atomic E-state index is 13.2. The number of halogens is 1. The number of fused-ring (bicyclic) bond motifs is 1. The Morgan fingerprint density at radius 3 is 2.71 bits per heavy atom. The highest BCUT2D eigenvalue weighted by atomic mass is 19.1. The fourth-order valence-corrected chi connectivity index (χ4v) is 2.96. The number of nitrogens with one attached hydrogen (secondary N) is 1. The lowest BCUT2D eigenvalue weighted by molar-refractivity contribution is 0.412. The summed E-state index contributed by atoms with van der Waals surface area (Å²) in [7, 11) is 1.56. The van der Waals surface area contributed by atoms with Crippen molar-refractivity contribution in [3.8, 4) is 5.75 Å². The van der Waals surface area contributed by atoms with E-state index >= 15 is 0 Å². The van der Waals surface area contributed by atoms with Gasteiger partial charge in [0.1, 0.15) is 11.6 Å². The molecule has 21 heavy (non-hydrogen) atoms. The van der Waals surface area contributed by atoms with Gasteiger partial charge in [-0.1, -0.05) is 18.2 Å². The van der Waals surface area contributed by atoms with Crippen LogP contribution in [-0.4, -0.2) is 7.11 Å². The Morgan fingerprint density at radius 1 is 1.10 bits per heavy atom. The van der Waals surface area contributed by atoms with Crippen molar-refractivity contribution in [3.05, 3.63) is 58.9 Å². The van der Waals surface area contributed by atoms with E-state index in [-0.39, 0.29) is 11.9 Å². The lowest BCUT2D eigenvalue weighted by atomic mass is 10.0. The van der Waals surface area contributed by atoms with Gasteiger partial charge >= 0.3 is 0 Å². The molecule has 2 aromatic rings. The quantitative estimate of drug-likeness (QED) is 0.893. The van der Waals surface area contributed by atoms with Gasteiger partial charge in [-0.3, -0.25) is 0 Å². The van der Waals surface area contributed by atoms with Crippen molar-refractivity contribution < 1.29 is 9.13 Å². The van der Waals surface area contributed by atoms with Crippen LogP contribution in [0.4, 0.5) is 10.1 Å². The van der Waals surface area contributed by atoms with Gasteiger partial charge in [0, 0.05) is 12.1 Å². The number of aryl methyl sites for hydroxylation is 2. The Balaban J connectivity index is 1.81. The summed E-state index contributed by atoms with van der Waals surface area (Å²) in [5.74, 6) is 0.241. The number of benzene rings is 2. The van der Waals surface area contributed by atoms with Crippen LogP contribution in [0.5, 0.6) is 5.75 Å². The Bertz CT molecular complexity index is 654. The molecule has 0 amide bonds. The van der Waals surface area contributed by atoms with Crippen molar-refractivity contribution in [2.24, 2.45) is 0 Å². The summed E-state index contributed by atoms with van der Waals surface area (Å²) in [5, 5.41) is 3.40. The summed E-state index contributed by atoms with van der Waals surface area (Å²) in [6, 6.07) is 11.4. The third-order valence-electron chi connectivity index (χ3n) is 4.16. The maximum absolute atomic E-state index is 13.2. The standard InChI is InChI=1S/C18H20FNO/c1-12(14-7-6-13-4-3-5-15(13)10-14)20-17-9-8-16(19)11-18(17)21-2/h6-12,20H,3-5H2,1-2H3. The minimum atomic E-state index is -0.289. The second-order valence-corrected chi connectivity index (χ2v) is 5.59. The van der Waals surface area contributed by atoms with Gasteiger partial charge in [-0.15, -0.1) is 0 Å². The molecule has 1 aliphatic carbocycles. The zero-order valence-electron chi connectivity index (χ0n) is 12.4. The van der Waals surface area contributed by atoms with Crippen molar-refractivity contribution in [3.63, 3.8) is 0 Å². The number of hydrogen-bond acceptors (Lipinski definition) is 2. The maximum Gasteiger partial charge on any atom is 0.144 e. The molecule has 2 nitrogen and oxygen atoms in total. The fraction of sp³-hybridized carbons (Fsp3) is 0.333. The fourth-order valence-electron chi connectivity index (χ4n) is 2.96. The molecule has 1 N–H and O–H groups in total. The van der Waals surface area contributed by atoms with E-state index < -0.39 is 0 Å². The van der Waals surface area contributed by atoms with Crippen LogP contribution in [0.2, 0.25) is 0 Å². The molecule has 1 aliphatic rings. The number of methoxy groups -OCH3 is 1. The third kappa shape index (κ3) is 2.87. The Labute approximate surface area is 125 Å². The van der Waals surface area contributed by atoms with Crippen LogP contribution in [0.25, 0.3) is 0 Å². The summed E-state index contributed by atoms with van der Waals surface area (Å²) >= 11 is 0. The molecule has 110 valence electrons. The first-order valence-corrected chi connectivity index (χ1v) is 7.39. The molecular formula is C18H20FNO. The predicted molar refractivity (Wildman–Crippen MR) is 83.5 cm³/mol. The average molecular weight is 285 g/mol. The zero-order chi connectivity index (χ0) is 14.8. The van der Waals surface area contributed by atoms with Gasteiger partial charge in [0.2, 0.25) is 0 Å². The van der Waals surface area contributed by atoms with Crippen molar-refractivity contribution in [1.29, 1.82) is 0 Å². The van der Waals surface area contributed by atoms with Crippen LogP contribution in [0.3, 0.4) is 0 Å². The smallest absolute Gasteiger partial charge is 0.144 e. The highest BCUT2D eigenvalue weighted by Gasteiger charge is 2.14. The predicted octanol–water partition coefficient (Wildman–Crippen LogP) is 4.50. The van der Waals surface area contributed by atoms with Gasteiger partial charge in [-0.05, 0) is 55.0 Å². The van der Waals surface area contributed by atoms with Crippen molar-refractivity contribution in [2.45, 2.75) is 32.2 Å². The van der Waals surface area contributed by atoms with E-state index in [1.54, 1.807) is 13.2 Å². The number of hydrogen-bond donors (Lipinski definition) is 1. The summed E-state index contributed by atoms with van der Waals surface area (Å²) in [4.78, 5) is 0. The number of rotatable bonds is 4. The molecule has 0 aromatic heterocycles. The van der Waals surface area contributed by atoms with E-state index in [0.29, 0.717) is 5.75 Å². The first kappa shape index (κ1) is 13.9. The molecule has 0 saturated carbocycles. The molecule has 3 heteroatoms. The normalized spacial score (nSPS) is 14.6. The van der Waals surface area contributed by atoms with Gasteiger partial charge in [0.15, 0.2) is 0 Å². The van der Waals surface area contributed by atoms with Gasteiger partial charge in [-0.25, -0.2) is 4.39 Å². The molecular weight excluding hydrogens is 265 g/mol. The molecule has 2 aromatic carbocycles. The molecule has 0 saturated heterocycles. The molecule has 0 fully saturated rings. The van der Waals surface area contributed by atoms with Crippen LogP contribution in [0, 0.1) is 5.82 Å². The van der Waals surface area contributed by atoms with Crippen molar-refractivity contribution >= 4 is 5.69 Å². The van der Waals surface area contributed by atoms with E-state index in [9.17, 15) is 4.39 Å². The summed E-state index contributed by atoms with van der Waals surface area (Å²) in [5.41, 5.74) is 5.01. The van der Waals surface area contributed by atoms with E-state index in [0.717, 1.165) is 5.69 Å². The first-order valence-electron chi connectivity index (χ1n) is 7.39. The van der Waals surface area contributed by atoms with Gasteiger partial charge in [0.25, 0.3) is 0 Å². The Hall–Kier alpha value is -2.03. The zero-order valence-corrected chi connectivity index (χ0v) is 12.4. The molecule has 1 unspecified atom stereocenters. The van der Waals surface area contributed by atoms with Crippen LogP contribution >= 0.6 is 0 Å². The minimum Gasteiger partial charge on any atom is -0.494 e. The summed E-state index contributed by atoms with van der Waals surface area (Å²) in [6.07, 6.45) is 3.63. The molecule has 0 aliphatic heterocycles. The van der Waals surface area contributed by atoms with Crippen LogP contribution in [0.15, 0.2) is 36.4 Å². The van der Waals surface area contributed by atoms with Gasteiger partial charge in [-0.2, -0.15) is 0 Å². The Kier molecular flexibility index (Phi) is 3.82. The largest absolute Gasteiger partial charge is 0.494 e. The van der Waals surface area contributed by atoms with Crippen molar-refractivity contribution in [2.75, 3.05) is 12.4 Å². The molecule has 0 radical (unpaired) electrons. The van der Waals surface area contributed by atoms with Crippen LogP contribution < -0.4 is 10.1 Å². The third-order valence-corrected chi connectivity index (χ3v) is 4.16. The summed E-state index contributed by atoms with van der Waals surface area (Å²) in [6.45, 7) is 2.11. The molecule has 1 atom stereocenters. The van der Waals surface area contributed by atoms with Crippen LogP contribution in [-0.2, 0) is 12.8 Å². The highest BCUT2D eigenvalue weighted by molar-refractivity contribution is 5.57. The molecule has 0 spiro atoms. The monoisotopic (exact) mass is 285 g/mol. The minimum absolute atomic E-state index is 0.148. The van der Waals surface area contributed by atoms with Gasteiger partial charge in [0.05, 0.1) is 12.8 Å². The Morgan fingerprint density at radius 2 is 1.90 bits per heavy atom. The number of ether oxygens (including phenoxy) is 1.